The van der Waals surface area contributed by atoms with Crippen LogP contribution in [0.25, 0.3) is 11.3 Å². The van der Waals surface area contributed by atoms with Crippen molar-refractivity contribution >= 4 is 5.69 Å². The monoisotopic (exact) mass is 298 g/mol. The van der Waals surface area contributed by atoms with Crippen LogP contribution in [-0.4, -0.2) is 17.3 Å². The zero-order chi connectivity index (χ0) is 15.5. The maximum atomic E-state index is 12.5. The van der Waals surface area contributed by atoms with Gasteiger partial charge in [0.05, 0.1) is 24.0 Å². The van der Waals surface area contributed by atoms with E-state index >= 15 is 0 Å². The molecule has 3 rings (SSSR count). The second kappa shape index (κ2) is 6.36. The van der Waals surface area contributed by atoms with Crippen molar-refractivity contribution < 1.29 is 4.74 Å². The number of nitrogen functional groups attached to an aromatic ring is 1. The lowest BCUT2D eigenvalue weighted by Gasteiger charge is -2.17. The molecule has 4 nitrogen and oxygen atoms in total. The Morgan fingerprint density at radius 3 is 2.64 bits per heavy atom. The zero-order valence-corrected chi connectivity index (χ0v) is 12.9. The number of nitrogens with two attached hydrogens (primary N) is 1. The molecule has 0 bridgehead atoms. The maximum Gasteiger partial charge on any atom is 0.274 e. The van der Waals surface area contributed by atoms with E-state index in [1.807, 2.05) is 6.07 Å². The van der Waals surface area contributed by atoms with Crippen LogP contribution in [0.1, 0.15) is 25.3 Å². The number of benzene rings is 1. The fourth-order valence-electron chi connectivity index (χ4n) is 2.93. The Morgan fingerprint density at radius 2 is 2.00 bits per heavy atom. The molecule has 1 atom stereocenters. The van der Waals surface area contributed by atoms with Crippen molar-refractivity contribution in [1.82, 2.24) is 4.57 Å². The molecular weight excluding hydrogens is 276 g/mol. The number of aryl methyl sites for hydroxylation is 1. The highest BCUT2D eigenvalue weighted by Gasteiger charge is 2.19. The van der Waals surface area contributed by atoms with Gasteiger partial charge in [0.2, 0.25) is 0 Å². The Labute approximate surface area is 130 Å². The van der Waals surface area contributed by atoms with Gasteiger partial charge in [-0.25, -0.2) is 0 Å². The number of ether oxygens (including phenoxy) is 1. The van der Waals surface area contributed by atoms with Gasteiger partial charge < -0.3 is 15.0 Å². The average Bonchev–Trinajstić information content (AvgIpc) is 3.05. The van der Waals surface area contributed by atoms with Crippen LogP contribution >= 0.6 is 0 Å². The summed E-state index contributed by atoms with van der Waals surface area (Å²) in [5.74, 6) is 0. The summed E-state index contributed by atoms with van der Waals surface area (Å²) < 4.78 is 7.43. The predicted octanol–water partition coefficient (Wildman–Crippen LogP) is 2.84. The number of pyridine rings is 1. The van der Waals surface area contributed by atoms with Gasteiger partial charge in [-0.2, -0.15) is 0 Å². The van der Waals surface area contributed by atoms with E-state index in [4.69, 9.17) is 10.5 Å². The number of rotatable bonds is 4. The molecular formula is C18H22N2O2. The standard InChI is InChI=1S/C18H22N2O2/c1-2-13-5-7-14(8-6-13)17-10-9-16(19)18(21)20(17)12-15-4-3-11-22-15/h5-10,15H,2-4,11-12,19H2,1H3. The van der Waals surface area contributed by atoms with Gasteiger partial charge in [-0.1, -0.05) is 31.2 Å². The summed E-state index contributed by atoms with van der Waals surface area (Å²) in [6.07, 6.45) is 3.16. The molecule has 116 valence electrons. The third-order valence-electron chi connectivity index (χ3n) is 4.27. The zero-order valence-electron chi connectivity index (χ0n) is 12.9. The molecule has 1 fully saturated rings. The van der Waals surface area contributed by atoms with E-state index < -0.39 is 0 Å². The molecule has 0 radical (unpaired) electrons. The molecule has 1 unspecified atom stereocenters. The van der Waals surface area contributed by atoms with Crippen molar-refractivity contribution in [3.63, 3.8) is 0 Å². The van der Waals surface area contributed by atoms with Gasteiger partial charge in [0, 0.05) is 6.61 Å². The maximum absolute atomic E-state index is 12.5. The van der Waals surface area contributed by atoms with Crippen molar-refractivity contribution in [2.75, 3.05) is 12.3 Å². The lowest BCUT2D eigenvalue weighted by atomic mass is 10.1. The Bertz CT molecular complexity index is 698. The smallest absolute Gasteiger partial charge is 0.274 e. The van der Waals surface area contributed by atoms with Gasteiger partial charge >= 0.3 is 0 Å². The van der Waals surface area contributed by atoms with Gasteiger partial charge in [0.15, 0.2) is 0 Å². The van der Waals surface area contributed by atoms with E-state index in [1.54, 1.807) is 10.6 Å². The largest absolute Gasteiger partial charge is 0.394 e. The first-order valence-corrected chi connectivity index (χ1v) is 7.89. The molecule has 1 aromatic carbocycles. The quantitative estimate of drug-likeness (QED) is 0.944. The molecule has 1 aromatic heterocycles. The van der Waals surface area contributed by atoms with E-state index in [0.717, 1.165) is 37.1 Å². The first-order valence-electron chi connectivity index (χ1n) is 7.89. The minimum atomic E-state index is -0.132. The van der Waals surface area contributed by atoms with E-state index in [2.05, 4.69) is 31.2 Å². The van der Waals surface area contributed by atoms with Gasteiger partial charge in [0.25, 0.3) is 5.56 Å². The van der Waals surface area contributed by atoms with Crippen LogP contribution in [-0.2, 0) is 17.7 Å². The molecule has 4 heteroatoms. The van der Waals surface area contributed by atoms with Crippen LogP contribution in [0.5, 0.6) is 0 Å². The SMILES string of the molecule is CCc1ccc(-c2ccc(N)c(=O)n2CC2CCCO2)cc1. The number of aromatic nitrogens is 1. The van der Waals surface area contributed by atoms with Crippen LogP contribution in [0, 0.1) is 0 Å². The highest BCUT2D eigenvalue weighted by Crippen LogP contribution is 2.22. The minimum absolute atomic E-state index is 0.105. The fourth-order valence-corrected chi connectivity index (χ4v) is 2.93. The van der Waals surface area contributed by atoms with Crippen molar-refractivity contribution in [1.29, 1.82) is 0 Å². The summed E-state index contributed by atoms with van der Waals surface area (Å²) in [6, 6.07) is 12.0. The van der Waals surface area contributed by atoms with E-state index in [-0.39, 0.29) is 17.4 Å². The lowest BCUT2D eigenvalue weighted by molar-refractivity contribution is 0.0966. The number of hydrogen-bond donors (Lipinski definition) is 1. The minimum Gasteiger partial charge on any atom is -0.394 e. The summed E-state index contributed by atoms with van der Waals surface area (Å²) in [7, 11) is 0. The third kappa shape index (κ3) is 2.92. The van der Waals surface area contributed by atoms with E-state index in [0.29, 0.717) is 6.54 Å². The first-order chi connectivity index (χ1) is 10.7. The second-order valence-corrected chi connectivity index (χ2v) is 5.78. The van der Waals surface area contributed by atoms with Crippen LogP contribution < -0.4 is 11.3 Å². The average molecular weight is 298 g/mol. The summed E-state index contributed by atoms with van der Waals surface area (Å²) in [6.45, 7) is 3.47. The topological polar surface area (TPSA) is 57.2 Å². The number of nitrogens with zero attached hydrogens (tertiary/aromatic N) is 1. The highest BCUT2D eigenvalue weighted by molar-refractivity contribution is 5.62. The molecule has 0 aliphatic carbocycles. The van der Waals surface area contributed by atoms with Gasteiger partial charge in [0.1, 0.15) is 0 Å². The van der Waals surface area contributed by atoms with Crippen LogP contribution in [0.2, 0.25) is 0 Å². The van der Waals surface area contributed by atoms with Gasteiger partial charge in [-0.3, -0.25) is 4.79 Å². The van der Waals surface area contributed by atoms with Crippen molar-refractivity contribution in [3.05, 3.63) is 52.3 Å². The fraction of sp³-hybridized carbons (Fsp3) is 0.389. The van der Waals surface area contributed by atoms with Crippen LogP contribution in [0.4, 0.5) is 5.69 Å². The molecule has 0 amide bonds. The van der Waals surface area contributed by atoms with Gasteiger partial charge in [-0.05, 0) is 42.5 Å². The third-order valence-corrected chi connectivity index (χ3v) is 4.27. The van der Waals surface area contributed by atoms with Gasteiger partial charge in [-0.15, -0.1) is 0 Å². The molecule has 0 spiro atoms. The second-order valence-electron chi connectivity index (χ2n) is 5.78. The molecule has 1 saturated heterocycles. The molecule has 1 aliphatic rings. The predicted molar refractivity (Wildman–Crippen MR) is 88.9 cm³/mol. The Hall–Kier alpha value is -2.07. The number of hydrogen-bond acceptors (Lipinski definition) is 3. The first kappa shape index (κ1) is 14.9. The molecule has 22 heavy (non-hydrogen) atoms. The summed E-state index contributed by atoms with van der Waals surface area (Å²) in [5.41, 5.74) is 9.18. The Balaban J connectivity index is 2.01. The molecule has 0 saturated carbocycles. The summed E-state index contributed by atoms with van der Waals surface area (Å²) in [5, 5.41) is 0. The normalized spacial score (nSPS) is 17.8. The molecule has 1 aliphatic heterocycles. The van der Waals surface area contributed by atoms with Crippen molar-refractivity contribution in [2.45, 2.75) is 38.8 Å². The molecule has 2 aromatic rings. The highest BCUT2D eigenvalue weighted by atomic mass is 16.5. The van der Waals surface area contributed by atoms with E-state index in [9.17, 15) is 4.79 Å². The molecule has 2 N–H and O–H groups in total. The summed E-state index contributed by atoms with van der Waals surface area (Å²) >= 11 is 0. The Kier molecular flexibility index (Phi) is 4.29. The van der Waals surface area contributed by atoms with E-state index in [1.165, 1.54) is 5.56 Å². The van der Waals surface area contributed by atoms with Crippen LogP contribution in [0.3, 0.4) is 0 Å². The summed E-state index contributed by atoms with van der Waals surface area (Å²) in [4.78, 5) is 12.5. The van der Waals surface area contributed by atoms with Crippen LogP contribution in [0.15, 0.2) is 41.2 Å². The van der Waals surface area contributed by atoms with Crippen molar-refractivity contribution in [3.8, 4) is 11.3 Å². The molecule has 2 heterocycles. The Morgan fingerprint density at radius 1 is 1.23 bits per heavy atom. The van der Waals surface area contributed by atoms with Crippen molar-refractivity contribution in [2.24, 2.45) is 0 Å². The number of anilines is 1. The lowest BCUT2D eigenvalue weighted by Crippen LogP contribution is -2.29.